The average molecular weight is 364 g/mol. The quantitative estimate of drug-likeness (QED) is 0.485. The van der Waals surface area contributed by atoms with Gasteiger partial charge in [0, 0.05) is 53.6 Å². The van der Waals surface area contributed by atoms with E-state index in [1.54, 1.807) is 23.7 Å². The van der Waals surface area contributed by atoms with Crippen molar-refractivity contribution in [1.82, 2.24) is 4.98 Å². The molecule has 3 aromatic rings. The third-order valence-electron chi connectivity index (χ3n) is 3.99. The summed E-state index contributed by atoms with van der Waals surface area (Å²) in [4.78, 5) is 19.8. The monoisotopic (exact) mass is 364 g/mol. The number of aromatic nitrogens is 1. The van der Waals surface area contributed by atoms with E-state index in [2.05, 4.69) is 40.2 Å². The summed E-state index contributed by atoms with van der Waals surface area (Å²) in [7, 11) is 5.43. The van der Waals surface area contributed by atoms with Crippen molar-refractivity contribution in [3.05, 3.63) is 65.8 Å². The lowest BCUT2D eigenvalue weighted by molar-refractivity contribution is -0.134. The van der Waals surface area contributed by atoms with Crippen LogP contribution in [0.4, 0.5) is 5.69 Å². The van der Waals surface area contributed by atoms with Crippen molar-refractivity contribution in [2.45, 2.75) is 0 Å². The zero-order chi connectivity index (χ0) is 18.5. The minimum absolute atomic E-state index is 0.365. The highest BCUT2D eigenvalue weighted by Gasteiger charge is 2.11. The van der Waals surface area contributed by atoms with Crippen molar-refractivity contribution < 1.29 is 9.53 Å². The first-order valence-electron chi connectivity index (χ1n) is 8.16. The van der Waals surface area contributed by atoms with Gasteiger partial charge in [0.05, 0.1) is 7.11 Å². The van der Waals surface area contributed by atoms with E-state index >= 15 is 0 Å². The second-order valence-electron chi connectivity index (χ2n) is 5.92. The number of ether oxygens (including phenoxy) is 1. The van der Waals surface area contributed by atoms with Gasteiger partial charge in [-0.2, -0.15) is 0 Å². The van der Waals surface area contributed by atoms with Crippen LogP contribution < -0.4 is 4.90 Å². The Morgan fingerprint density at radius 1 is 1.08 bits per heavy atom. The van der Waals surface area contributed by atoms with E-state index in [9.17, 15) is 4.79 Å². The molecule has 4 nitrogen and oxygen atoms in total. The van der Waals surface area contributed by atoms with E-state index < -0.39 is 0 Å². The molecule has 0 saturated carbocycles. The fourth-order valence-electron chi connectivity index (χ4n) is 2.56. The molecular formula is C21H20N2O2S. The Morgan fingerprint density at radius 3 is 2.38 bits per heavy atom. The first-order valence-corrected chi connectivity index (χ1v) is 8.98. The van der Waals surface area contributed by atoms with Gasteiger partial charge >= 0.3 is 5.97 Å². The van der Waals surface area contributed by atoms with Gasteiger partial charge in [-0.05, 0) is 47.5 Å². The van der Waals surface area contributed by atoms with Gasteiger partial charge in [-0.3, -0.25) is 4.98 Å². The number of pyridine rings is 1. The van der Waals surface area contributed by atoms with Crippen LogP contribution >= 0.6 is 11.3 Å². The van der Waals surface area contributed by atoms with Gasteiger partial charge in [-0.25, -0.2) is 4.79 Å². The molecule has 0 aliphatic rings. The first-order chi connectivity index (χ1) is 12.6. The Balaban J connectivity index is 2.03. The lowest BCUT2D eigenvalue weighted by Crippen LogP contribution is -2.07. The zero-order valence-corrected chi connectivity index (χ0v) is 15.8. The van der Waals surface area contributed by atoms with Crippen molar-refractivity contribution in [3.8, 4) is 21.6 Å². The second kappa shape index (κ2) is 7.97. The van der Waals surface area contributed by atoms with Crippen molar-refractivity contribution in [2.24, 2.45) is 0 Å². The lowest BCUT2D eigenvalue weighted by atomic mass is 10.1. The average Bonchev–Trinajstić information content (AvgIpc) is 3.11. The normalized spacial score (nSPS) is 10.9. The number of thiophene rings is 1. The first kappa shape index (κ1) is 17.9. The summed E-state index contributed by atoms with van der Waals surface area (Å²) in [5, 5.41) is 0. The molecule has 1 aromatic carbocycles. The zero-order valence-electron chi connectivity index (χ0n) is 15.0. The maximum atomic E-state index is 11.5. The fraction of sp³-hybridized carbons (Fsp3) is 0.143. The number of nitrogens with zero attached hydrogens (tertiary/aromatic N) is 2. The van der Waals surface area contributed by atoms with E-state index in [1.165, 1.54) is 13.2 Å². The number of rotatable bonds is 5. The van der Waals surface area contributed by atoms with Crippen molar-refractivity contribution in [2.75, 3.05) is 26.1 Å². The molecular weight excluding hydrogens is 344 g/mol. The molecule has 0 radical (unpaired) electrons. The maximum absolute atomic E-state index is 11.5. The Bertz CT molecular complexity index is 913. The largest absolute Gasteiger partial charge is 0.466 e. The van der Waals surface area contributed by atoms with Gasteiger partial charge in [-0.1, -0.05) is 12.1 Å². The van der Waals surface area contributed by atoms with Crippen LogP contribution in [0.2, 0.25) is 0 Å². The number of anilines is 1. The number of hydrogen-bond donors (Lipinski definition) is 0. The van der Waals surface area contributed by atoms with E-state index in [1.807, 2.05) is 32.3 Å². The molecule has 0 aliphatic carbocycles. The summed E-state index contributed by atoms with van der Waals surface area (Å²) in [5.41, 5.74) is 4.44. The van der Waals surface area contributed by atoms with E-state index in [4.69, 9.17) is 4.74 Å². The molecule has 0 N–H and O–H groups in total. The van der Waals surface area contributed by atoms with Gasteiger partial charge in [0.2, 0.25) is 0 Å². The third kappa shape index (κ3) is 4.00. The standard InChI is InChI=1S/C21H20N2O2S/c1-23(2)17-6-4-16(5-7-17)20-14-18(15-10-12-22-13-11-15)19(26-20)8-9-21(24)25-3/h4-14H,1-3H3/b9-8+. The molecule has 2 heterocycles. The Morgan fingerprint density at radius 2 is 1.77 bits per heavy atom. The van der Waals surface area contributed by atoms with Crippen LogP contribution in [0.25, 0.3) is 27.6 Å². The number of methoxy groups -OCH3 is 1. The predicted octanol–water partition coefficient (Wildman–Crippen LogP) is 4.73. The summed E-state index contributed by atoms with van der Waals surface area (Å²) in [6, 6.07) is 14.5. The molecule has 5 heteroatoms. The third-order valence-corrected chi connectivity index (χ3v) is 5.14. The van der Waals surface area contributed by atoms with Crippen molar-refractivity contribution in [3.63, 3.8) is 0 Å². The highest BCUT2D eigenvalue weighted by molar-refractivity contribution is 7.16. The van der Waals surface area contributed by atoms with Crippen LogP contribution in [0.15, 0.2) is 60.9 Å². The number of benzene rings is 1. The number of carbonyl (C=O) groups excluding carboxylic acids is 1. The minimum Gasteiger partial charge on any atom is -0.466 e. The van der Waals surface area contributed by atoms with Crippen LogP contribution in [0.1, 0.15) is 4.88 Å². The van der Waals surface area contributed by atoms with Crippen molar-refractivity contribution >= 4 is 29.1 Å². The van der Waals surface area contributed by atoms with Gasteiger partial charge in [-0.15, -0.1) is 11.3 Å². The Labute approximate surface area is 157 Å². The van der Waals surface area contributed by atoms with Crippen LogP contribution in [0, 0.1) is 0 Å². The predicted molar refractivity (Wildman–Crippen MR) is 108 cm³/mol. The van der Waals surface area contributed by atoms with E-state index in [-0.39, 0.29) is 5.97 Å². The van der Waals surface area contributed by atoms with Gasteiger partial charge in [0.1, 0.15) is 0 Å². The highest BCUT2D eigenvalue weighted by atomic mass is 32.1. The molecule has 0 amide bonds. The van der Waals surface area contributed by atoms with Gasteiger partial charge < -0.3 is 9.64 Å². The van der Waals surface area contributed by atoms with Crippen LogP contribution in [0.3, 0.4) is 0 Å². The summed E-state index contributed by atoms with van der Waals surface area (Å²) < 4.78 is 4.71. The smallest absolute Gasteiger partial charge is 0.330 e. The van der Waals surface area contributed by atoms with E-state index in [0.29, 0.717) is 0 Å². The van der Waals surface area contributed by atoms with E-state index in [0.717, 1.165) is 32.1 Å². The second-order valence-corrected chi connectivity index (χ2v) is 7.01. The number of esters is 1. The molecule has 2 aromatic heterocycles. The molecule has 26 heavy (non-hydrogen) atoms. The van der Waals surface area contributed by atoms with Gasteiger partial charge in [0.25, 0.3) is 0 Å². The molecule has 0 unspecified atom stereocenters. The fourth-order valence-corrected chi connectivity index (χ4v) is 3.65. The number of carbonyl (C=O) groups is 1. The molecule has 0 atom stereocenters. The lowest BCUT2D eigenvalue weighted by Gasteiger charge is -2.12. The van der Waals surface area contributed by atoms with Crippen LogP contribution in [-0.2, 0) is 9.53 Å². The minimum atomic E-state index is -0.365. The Hall–Kier alpha value is -2.92. The molecule has 0 bridgehead atoms. The summed E-state index contributed by atoms with van der Waals surface area (Å²) in [6.45, 7) is 0. The SMILES string of the molecule is COC(=O)/C=C/c1sc(-c2ccc(N(C)C)cc2)cc1-c1ccncc1. The maximum Gasteiger partial charge on any atom is 0.330 e. The molecule has 0 spiro atoms. The molecule has 3 rings (SSSR count). The Kier molecular flexibility index (Phi) is 5.49. The topological polar surface area (TPSA) is 42.4 Å². The molecule has 0 aliphatic heterocycles. The summed E-state index contributed by atoms with van der Waals surface area (Å²) in [5.74, 6) is -0.365. The molecule has 132 valence electrons. The van der Waals surface area contributed by atoms with Crippen LogP contribution in [-0.4, -0.2) is 32.2 Å². The van der Waals surface area contributed by atoms with Gasteiger partial charge in [0.15, 0.2) is 0 Å². The van der Waals surface area contributed by atoms with Crippen LogP contribution in [0.5, 0.6) is 0 Å². The summed E-state index contributed by atoms with van der Waals surface area (Å²) in [6.07, 6.45) is 6.80. The van der Waals surface area contributed by atoms with Crippen molar-refractivity contribution in [1.29, 1.82) is 0 Å². The molecule has 0 fully saturated rings. The highest BCUT2D eigenvalue weighted by Crippen LogP contribution is 2.38. The summed E-state index contributed by atoms with van der Waals surface area (Å²) >= 11 is 1.65. The number of hydrogen-bond acceptors (Lipinski definition) is 5. The molecule has 0 saturated heterocycles.